The smallest absolute Gasteiger partial charge is 0.254 e. The Morgan fingerprint density at radius 2 is 2.19 bits per heavy atom. The lowest BCUT2D eigenvalue weighted by Gasteiger charge is -2.11. The van der Waals surface area contributed by atoms with Gasteiger partial charge in [0, 0.05) is 23.6 Å². The highest BCUT2D eigenvalue weighted by molar-refractivity contribution is 7.98. The van der Waals surface area contributed by atoms with E-state index < -0.39 is 0 Å². The highest BCUT2D eigenvalue weighted by Gasteiger charge is 2.15. The maximum absolute atomic E-state index is 12.2. The third-order valence-corrected chi connectivity index (χ3v) is 4.00. The van der Waals surface area contributed by atoms with Crippen molar-refractivity contribution in [3.63, 3.8) is 0 Å². The maximum atomic E-state index is 12.2. The average Bonchev–Trinajstić information content (AvgIpc) is 2.75. The fourth-order valence-electron chi connectivity index (χ4n) is 1.87. The number of rotatable bonds is 5. The molecular formula is C15H19N3O2S. The summed E-state index contributed by atoms with van der Waals surface area (Å²) in [5.74, 6) is 1.39. The van der Waals surface area contributed by atoms with E-state index in [-0.39, 0.29) is 11.9 Å². The fourth-order valence-corrected chi connectivity index (χ4v) is 3.01. The van der Waals surface area contributed by atoms with E-state index in [0.717, 1.165) is 22.0 Å². The fraction of sp³-hybridized carbons (Fsp3) is 0.400. The van der Waals surface area contributed by atoms with Crippen molar-refractivity contribution in [1.29, 1.82) is 0 Å². The number of nitrogens with one attached hydrogen (secondary N) is 1. The van der Waals surface area contributed by atoms with Crippen LogP contribution in [0.4, 0.5) is 0 Å². The first kappa shape index (κ1) is 15.6. The Labute approximate surface area is 128 Å². The molecule has 5 nitrogen and oxygen atoms in total. The third kappa shape index (κ3) is 3.85. The number of hydrogen-bond donors (Lipinski definition) is 1. The van der Waals surface area contributed by atoms with E-state index in [4.69, 9.17) is 4.52 Å². The molecule has 0 aliphatic carbocycles. The van der Waals surface area contributed by atoms with E-state index in [9.17, 15) is 4.79 Å². The van der Waals surface area contributed by atoms with Crippen molar-refractivity contribution in [2.75, 3.05) is 0 Å². The topological polar surface area (TPSA) is 68.0 Å². The molecule has 2 aromatic rings. The van der Waals surface area contributed by atoms with Crippen molar-refractivity contribution in [3.05, 3.63) is 40.9 Å². The molecule has 21 heavy (non-hydrogen) atoms. The molecule has 0 saturated carbocycles. The number of hydrogen-bond acceptors (Lipinski definition) is 5. The number of aromatic nitrogens is 2. The minimum atomic E-state index is -0.0978. The largest absolute Gasteiger partial charge is 0.361 e. The minimum Gasteiger partial charge on any atom is -0.361 e. The van der Waals surface area contributed by atoms with Crippen molar-refractivity contribution in [3.8, 4) is 0 Å². The summed E-state index contributed by atoms with van der Waals surface area (Å²) < 4.78 is 5.15. The molecular weight excluding hydrogens is 286 g/mol. The Kier molecular flexibility index (Phi) is 5.01. The summed E-state index contributed by atoms with van der Waals surface area (Å²) in [7, 11) is 0. The maximum Gasteiger partial charge on any atom is 0.254 e. The summed E-state index contributed by atoms with van der Waals surface area (Å²) in [5, 5.41) is 7.55. The first-order chi connectivity index (χ1) is 9.99. The monoisotopic (exact) mass is 305 g/mol. The van der Waals surface area contributed by atoms with Crippen LogP contribution in [0.15, 0.2) is 27.9 Å². The molecule has 0 radical (unpaired) electrons. The van der Waals surface area contributed by atoms with E-state index in [0.29, 0.717) is 11.3 Å². The van der Waals surface area contributed by atoms with Crippen LogP contribution in [-0.2, 0) is 5.75 Å². The van der Waals surface area contributed by atoms with Crippen LogP contribution in [0.25, 0.3) is 0 Å². The van der Waals surface area contributed by atoms with Crippen molar-refractivity contribution >= 4 is 17.7 Å². The van der Waals surface area contributed by atoms with Gasteiger partial charge in [-0.25, -0.2) is 4.98 Å². The van der Waals surface area contributed by atoms with Gasteiger partial charge in [0.25, 0.3) is 5.91 Å². The number of carbonyl (C=O) groups excluding carboxylic acids is 1. The molecule has 0 aliphatic rings. The molecule has 0 saturated heterocycles. The number of amides is 1. The van der Waals surface area contributed by atoms with E-state index in [2.05, 4.69) is 15.5 Å². The molecule has 2 heterocycles. The first-order valence-corrected chi connectivity index (χ1v) is 7.78. The molecule has 0 aromatic carbocycles. The van der Waals surface area contributed by atoms with E-state index in [1.54, 1.807) is 18.3 Å². The highest BCUT2D eigenvalue weighted by Crippen LogP contribution is 2.27. The predicted molar refractivity (Wildman–Crippen MR) is 82.4 cm³/mol. The van der Waals surface area contributed by atoms with Gasteiger partial charge in [0.05, 0.1) is 11.3 Å². The lowest BCUT2D eigenvalue weighted by molar-refractivity contribution is 0.0939. The van der Waals surface area contributed by atoms with Crippen LogP contribution >= 0.6 is 11.8 Å². The number of pyridine rings is 1. The van der Waals surface area contributed by atoms with Gasteiger partial charge in [0.1, 0.15) is 10.8 Å². The standard InChI is InChI=1S/C15H19N3O2S/c1-9(2)17-14(19)12-6-5-7-16-15(12)21-8-13-10(3)18-20-11(13)4/h5-7,9H,8H2,1-4H3,(H,17,19). The SMILES string of the molecule is Cc1noc(C)c1CSc1ncccc1C(=O)NC(C)C. The van der Waals surface area contributed by atoms with Crippen molar-refractivity contribution in [2.24, 2.45) is 0 Å². The molecule has 1 amide bonds. The zero-order valence-electron chi connectivity index (χ0n) is 12.6. The number of aryl methyl sites for hydroxylation is 2. The Morgan fingerprint density at radius 1 is 1.43 bits per heavy atom. The quantitative estimate of drug-likeness (QED) is 0.860. The molecule has 0 fully saturated rings. The van der Waals surface area contributed by atoms with Crippen molar-refractivity contribution in [1.82, 2.24) is 15.5 Å². The van der Waals surface area contributed by atoms with Gasteiger partial charge in [-0.3, -0.25) is 4.79 Å². The summed E-state index contributed by atoms with van der Waals surface area (Å²) in [6.45, 7) is 7.67. The molecule has 0 aliphatic heterocycles. The van der Waals surface area contributed by atoms with Gasteiger partial charge in [-0.05, 0) is 39.8 Å². The zero-order valence-corrected chi connectivity index (χ0v) is 13.5. The second kappa shape index (κ2) is 6.76. The van der Waals surface area contributed by atoms with E-state index in [1.165, 1.54) is 11.8 Å². The second-order valence-electron chi connectivity index (χ2n) is 5.08. The number of thioether (sulfide) groups is 1. The van der Waals surface area contributed by atoms with Gasteiger partial charge in [-0.2, -0.15) is 0 Å². The zero-order chi connectivity index (χ0) is 15.4. The lowest BCUT2D eigenvalue weighted by Crippen LogP contribution is -2.30. The number of carbonyl (C=O) groups is 1. The first-order valence-electron chi connectivity index (χ1n) is 6.79. The molecule has 0 bridgehead atoms. The predicted octanol–water partition coefficient (Wildman–Crippen LogP) is 3.12. The van der Waals surface area contributed by atoms with Crippen LogP contribution in [0.5, 0.6) is 0 Å². The molecule has 112 valence electrons. The van der Waals surface area contributed by atoms with Gasteiger partial charge in [0.15, 0.2) is 0 Å². The molecule has 0 spiro atoms. The molecule has 0 atom stereocenters. The third-order valence-electron chi connectivity index (χ3n) is 2.97. The van der Waals surface area contributed by atoms with E-state index >= 15 is 0 Å². The van der Waals surface area contributed by atoms with Crippen molar-refractivity contribution in [2.45, 2.75) is 44.5 Å². The van der Waals surface area contributed by atoms with Crippen LogP contribution in [0.3, 0.4) is 0 Å². The summed E-state index contributed by atoms with van der Waals surface area (Å²) in [4.78, 5) is 16.5. The molecule has 2 rings (SSSR count). The Bertz CT molecular complexity index is 618. The Hall–Kier alpha value is -1.82. The van der Waals surface area contributed by atoms with Crippen LogP contribution in [0, 0.1) is 13.8 Å². The van der Waals surface area contributed by atoms with Gasteiger partial charge in [-0.15, -0.1) is 11.8 Å². The minimum absolute atomic E-state index is 0.0955. The van der Waals surface area contributed by atoms with Gasteiger partial charge in [-0.1, -0.05) is 5.16 Å². The normalized spacial score (nSPS) is 10.9. The summed E-state index contributed by atoms with van der Waals surface area (Å²) >= 11 is 1.52. The summed E-state index contributed by atoms with van der Waals surface area (Å²) in [5.41, 5.74) is 2.54. The Balaban J connectivity index is 2.15. The van der Waals surface area contributed by atoms with Crippen LogP contribution in [-0.4, -0.2) is 22.1 Å². The highest BCUT2D eigenvalue weighted by atomic mass is 32.2. The van der Waals surface area contributed by atoms with Gasteiger partial charge in [0.2, 0.25) is 0 Å². The van der Waals surface area contributed by atoms with Gasteiger partial charge < -0.3 is 9.84 Å². The van der Waals surface area contributed by atoms with Crippen LogP contribution in [0.2, 0.25) is 0 Å². The van der Waals surface area contributed by atoms with Gasteiger partial charge >= 0.3 is 0 Å². The van der Waals surface area contributed by atoms with E-state index in [1.807, 2.05) is 27.7 Å². The average molecular weight is 305 g/mol. The molecule has 0 unspecified atom stereocenters. The summed E-state index contributed by atoms with van der Waals surface area (Å²) in [6.07, 6.45) is 1.70. The lowest BCUT2D eigenvalue weighted by atomic mass is 10.2. The summed E-state index contributed by atoms with van der Waals surface area (Å²) in [6, 6.07) is 3.66. The van der Waals surface area contributed by atoms with Crippen LogP contribution in [0.1, 0.15) is 41.2 Å². The van der Waals surface area contributed by atoms with Crippen molar-refractivity contribution < 1.29 is 9.32 Å². The molecule has 6 heteroatoms. The molecule has 2 aromatic heterocycles. The Morgan fingerprint density at radius 3 is 2.81 bits per heavy atom. The second-order valence-corrected chi connectivity index (χ2v) is 6.04. The van der Waals surface area contributed by atoms with Crippen LogP contribution < -0.4 is 5.32 Å². The molecule has 1 N–H and O–H groups in total. The number of nitrogens with zero attached hydrogens (tertiary/aromatic N) is 2.